The van der Waals surface area contributed by atoms with Crippen LogP contribution < -0.4 is 10.6 Å². The predicted octanol–water partition coefficient (Wildman–Crippen LogP) is 8.51. The van der Waals surface area contributed by atoms with Crippen molar-refractivity contribution in [1.29, 1.82) is 0 Å². The van der Waals surface area contributed by atoms with Gasteiger partial charge in [0, 0.05) is 25.7 Å². The van der Waals surface area contributed by atoms with E-state index in [0.717, 1.165) is 38.5 Å². The quantitative estimate of drug-likeness (QED) is 0.0259. The van der Waals surface area contributed by atoms with Crippen molar-refractivity contribution < 1.29 is 49.2 Å². The van der Waals surface area contributed by atoms with Crippen LogP contribution in [0.25, 0.3) is 0 Å². The first-order valence-electron chi connectivity index (χ1n) is 21.4. The van der Waals surface area contributed by atoms with Gasteiger partial charge in [0.05, 0.1) is 0 Å². The van der Waals surface area contributed by atoms with Crippen LogP contribution in [0.5, 0.6) is 0 Å². The van der Waals surface area contributed by atoms with E-state index >= 15 is 0 Å². The van der Waals surface area contributed by atoms with Gasteiger partial charge in [0.2, 0.25) is 11.8 Å². The van der Waals surface area contributed by atoms with Gasteiger partial charge in [-0.3, -0.25) is 19.2 Å². The van der Waals surface area contributed by atoms with Crippen molar-refractivity contribution in [1.82, 2.24) is 10.6 Å². The number of carbonyl (C=O) groups is 6. The van der Waals surface area contributed by atoms with Crippen LogP contribution in [-0.4, -0.2) is 127 Å². The summed E-state index contributed by atoms with van der Waals surface area (Å²) in [5, 5.41) is 40.1. The molecular weight excluding hydrogens is 738 g/mol. The maximum atomic E-state index is 11.8. The Morgan fingerprint density at radius 1 is 0.357 bits per heavy atom. The van der Waals surface area contributed by atoms with Crippen LogP contribution in [0.3, 0.4) is 0 Å². The minimum atomic E-state index is -1.19. The molecule has 0 aromatic heterocycles. The van der Waals surface area contributed by atoms with Crippen LogP contribution >= 0.6 is 0 Å². The van der Waals surface area contributed by atoms with Crippen molar-refractivity contribution in [3.05, 3.63) is 0 Å². The topological polar surface area (TPSA) is 207 Å². The number of hydrogen-bond donors (Lipinski definition) is 6. The van der Waals surface area contributed by atoms with Gasteiger partial charge < -0.3 is 31.1 Å². The molecule has 12 nitrogen and oxygen atoms in total. The van der Waals surface area contributed by atoms with Gasteiger partial charge >= 0.3 is 83.0 Å². The van der Waals surface area contributed by atoms with Crippen molar-refractivity contribution in [3.8, 4) is 0 Å². The summed E-state index contributed by atoms with van der Waals surface area (Å²) in [5.41, 5.74) is 0. The Morgan fingerprint density at radius 2 is 0.571 bits per heavy atom. The van der Waals surface area contributed by atoms with Gasteiger partial charge in [0.25, 0.3) is 0 Å². The molecule has 320 valence electrons. The molecule has 0 spiro atoms. The molecule has 2 atom stereocenters. The molecule has 14 heteroatoms. The molecule has 56 heavy (non-hydrogen) atoms. The van der Waals surface area contributed by atoms with Crippen LogP contribution in [0.1, 0.15) is 219 Å². The number of unbranched alkanes of at least 4 members (excludes halogenated alkanes) is 24. The molecule has 0 aliphatic heterocycles. The number of carboxylic acids is 4. The minimum absolute atomic E-state index is 0. The third-order valence-electron chi connectivity index (χ3n) is 9.58. The van der Waals surface area contributed by atoms with Crippen molar-refractivity contribution in [2.24, 2.45) is 0 Å². The fourth-order valence-corrected chi connectivity index (χ4v) is 6.19. The summed E-state index contributed by atoms with van der Waals surface area (Å²) in [6.07, 6.45) is 31.9. The van der Waals surface area contributed by atoms with Crippen LogP contribution in [0.4, 0.5) is 0 Å². The van der Waals surface area contributed by atoms with Gasteiger partial charge in [-0.2, -0.15) is 0 Å². The van der Waals surface area contributed by atoms with Gasteiger partial charge in [-0.15, -0.1) is 0 Å². The van der Waals surface area contributed by atoms with E-state index in [9.17, 15) is 28.8 Å². The second-order valence-electron chi connectivity index (χ2n) is 14.8. The van der Waals surface area contributed by atoms with Gasteiger partial charge in [0.15, 0.2) is 0 Å². The first-order valence-corrected chi connectivity index (χ1v) is 21.4. The fourth-order valence-electron chi connectivity index (χ4n) is 6.19. The van der Waals surface area contributed by atoms with Crippen LogP contribution in [0.2, 0.25) is 0 Å². The Bertz CT molecular complexity index is 987. The van der Waals surface area contributed by atoms with Gasteiger partial charge in [-0.1, -0.05) is 168 Å². The number of nitrogens with one attached hydrogen (secondary N) is 2. The summed E-state index contributed by atoms with van der Waals surface area (Å²) in [7, 11) is 0. The molecule has 6 N–H and O–H groups in total. The molecule has 0 saturated heterocycles. The first kappa shape index (κ1) is 61.5. The third kappa shape index (κ3) is 47.2. The summed E-state index contributed by atoms with van der Waals surface area (Å²) in [6, 6.07) is -2.23. The zero-order valence-corrected chi connectivity index (χ0v) is 34.0. The monoisotopic (exact) mass is 819 g/mol. The summed E-state index contributed by atoms with van der Waals surface area (Å²) >= 11 is 0. The summed E-state index contributed by atoms with van der Waals surface area (Å²) in [4.78, 5) is 66.6. The molecule has 2 unspecified atom stereocenters. The van der Waals surface area contributed by atoms with Crippen molar-refractivity contribution >= 4 is 94.8 Å². The van der Waals surface area contributed by atoms with E-state index in [-0.39, 0.29) is 96.6 Å². The zero-order chi connectivity index (χ0) is 40.7. The number of aliphatic carboxylic acids is 4. The number of hydrogen-bond acceptors (Lipinski definition) is 6. The summed E-state index contributed by atoms with van der Waals surface area (Å²) in [6.45, 7) is 4.47. The molecule has 0 aromatic carbocycles. The van der Waals surface area contributed by atoms with Crippen LogP contribution in [-0.2, 0) is 28.8 Å². The van der Waals surface area contributed by atoms with E-state index in [0.29, 0.717) is 12.8 Å². The maximum absolute atomic E-state index is 11.8. The number of carboxylic acid groups (broad SMARTS) is 4. The fraction of sp³-hybridized carbons (Fsp3) is 0.857. The van der Waals surface area contributed by atoms with Crippen molar-refractivity contribution in [2.45, 2.75) is 231 Å². The van der Waals surface area contributed by atoms with Gasteiger partial charge in [-0.25, -0.2) is 9.59 Å². The van der Waals surface area contributed by atoms with Crippen LogP contribution in [0, 0.1) is 0 Å². The molecule has 0 saturated carbocycles. The van der Waals surface area contributed by atoms with E-state index in [1.54, 1.807) is 0 Å². The second kappa shape index (κ2) is 46.5. The van der Waals surface area contributed by atoms with E-state index < -0.39 is 36.0 Å². The Morgan fingerprint density at radius 3 is 0.768 bits per heavy atom. The Hall–Kier alpha value is -1.18. The number of carbonyl (C=O) groups excluding carboxylic acids is 2. The Balaban J connectivity index is -0.000000471. The molecular formula is C42H80N2Na2O10. The average Bonchev–Trinajstić information content (AvgIpc) is 3.12. The third-order valence-corrected chi connectivity index (χ3v) is 9.58. The molecule has 0 fully saturated rings. The number of amides is 2. The van der Waals surface area contributed by atoms with E-state index in [1.807, 2.05) is 0 Å². The molecule has 0 bridgehead atoms. The van der Waals surface area contributed by atoms with E-state index in [4.69, 9.17) is 20.4 Å². The predicted molar refractivity (Wildman–Crippen MR) is 228 cm³/mol. The Kier molecular flexibility index (Phi) is 51.1. The molecule has 2 amide bonds. The summed E-state index contributed by atoms with van der Waals surface area (Å²) < 4.78 is 0. The molecule has 0 aliphatic carbocycles. The first-order chi connectivity index (χ1) is 25.9. The SMILES string of the molecule is CCCCCCCCCCCCCC(=O)NC(CCC(=O)O)C(=O)O.CCCCCCCCCCCCCCCCCC(=O)NC(CCC(=O)O)C(=O)O.[NaH].[NaH]. The molecule has 0 rings (SSSR count). The van der Waals surface area contributed by atoms with Crippen molar-refractivity contribution in [3.63, 3.8) is 0 Å². The summed E-state index contributed by atoms with van der Waals surface area (Å²) in [5.74, 6) is -5.12. The van der Waals surface area contributed by atoms with Gasteiger partial charge in [0.1, 0.15) is 12.1 Å². The van der Waals surface area contributed by atoms with E-state index in [2.05, 4.69) is 24.5 Å². The van der Waals surface area contributed by atoms with Gasteiger partial charge in [-0.05, 0) is 25.7 Å². The standard InChI is InChI=1S/C23H43NO5.C19H35NO5.2Na.2H/c1-2-3-4-5-6-7-8-9-10-11-12-13-14-15-16-17-21(25)24-20(23(28)29)18-19-22(26)27;1-2-3-4-5-6-7-8-9-10-11-12-13-17(21)20-16(19(24)25)14-15-18(22)23;;;;/h20H,2-19H2,1H3,(H,24,25)(H,26,27)(H,28,29);16H,2-15H2,1H3,(H,20,21)(H,22,23)(H,24,25);;;;. The normalized spacial score (nSPS) is 11.5. The molecule has 0 radical (unpaired) electrons. The molecule has 0 aliphatic rings. The van der Waals surface area contributed by atoms with E-state index in [1.165, 1.54) is 128 Å². The Labute approximate surface area is 383 Å². The molecule has 0 heterocycles. The second-order valence-corrected chi connectivity index (χ2v) is 14.8. The zero-order valence-electron chi connectivity index (χ0n) is 34.0. The van der Waals surface area contributed by atoms with Crippen molar-refractivity contribution in [2.75, 3.05) is 0 Å². The average molecular weight is 819 g/mol. The molecule has 0 aromatic rings. The number of rotatable bonds is 38. The van der Waals surface area contributed by atoms with Crippen LogP contribution in [0.15, 0.2) is 0 Å².